The molecule has 0 aliphatic rings. The van der Waals surface area contributed by atoms with Crippen LogP contribution >= 0.6 is 0 Å². The Bertz CT molecular complexity index is 468. The summed E-state index contributed by atoms with van der Waals surface area (Å²) in [4.78, 5) is 0. The second-order valence-electron chi connectivity index (χ2n) is 3.15. The van der Waals surface area contributed by atoms with Crippen LogP contribution in [0.4, 0.5) is 13.2 Å². The Morgan fingerprint density at radius 1 is 1.14 bits per heavy atom. The van der Waals surface area contributed by atoms with Gasteiger partial charge in [0, 0.05) is 5.39 Å². The third kappa shape index (κ3) is 1.47. The summed E-state index contributed by atoms with van der Waals surface area (Å²) in [5, 5.41) is 0.484. The largest absolute Gasteiger partial charge is 0.452 e. The van der Waals surface area contributed by atoms with E-state index in [-0.39, 0.29) is 5.58 Å². The van der Waals surface area contributed by atoms with Crippen molar-refractivity contribution in [1.82, 2.24) is 0 Å². The van der Waals surface area contributed by atoms with Crippen LogP contribution in [0.15, 0.2) is 28.7 Å². The van der Waals surface area contributed by atoms with E-state index in [2.05, 4.69) is 4.42 Å². The van der Waals surface area contributed by atoms with Gasteiger partial charge in [0.2, 0.25) is 5.76 Å². The summed E-state index contributed by atoms with van der Waals surface area (Å²) in [6.07, 6.45) is -4.41. The van der Waals surface area contributed by atoms with Gasteiger partial charge in [0.05, 0.1) is 0 Å². The van der Waals surface area contributed by atoms with Crippen LogP contribution in [-0.4, -0.2) is 0 Å². The fraction of sp³-hybridized carbons (Fsp3) is 0.200. The van der Waals surface area contributed by atoms with Crippen molar-refractivity contribution in [2.24, 2.45) is 0 Å². The maximum absolute atomic E-state index is 12.2. The average molecular weight is 200 g/mol. The predicted molar refractivity (Wildman–Crippen MR) is 46.0 cm³/mol. The van der Waals surface area contributed by atoms with Crippen molar-refractivity contribution in [3.05, 3.63) is 35.6 Å². The van der Waals surface area contributed by atoms with Crippen molar-refractivity contribution in [2.45, 2.75) is 13.1 Å². The van der Waals surface area contributed by atoms with E-state index in [9.17, 15) is 13.2 Å². The van der Waals surface area contributed by atoms with Crippen molar-refractivity contribution < 1.29 is 17.6 Å². The third-order valence-electron chi connectivity index (χ3n) is 1.95. The van der Waals surface area contributed by atoms with Gasteiger partial charge in [-0.1, -0.05) is 11.6 Å². The summed E-state index contributed by atoms with van der Waals surface area (Å²) >= 11 is 0. The number of aryl methyl sites for hydroxylation is 1. The molecule has 0 saturated carbocycles. The highest BCUT2D eigenvalue weighted by Crippen LogP contribution is 2.33. The number of fused-ring (bicyclic) bond motifs is 1. The van der Waals surface area contributed by atoms with Crippen LogP contribution in [0, 0.1) is 6.92 Å². The zero-order valence-corrected chi connectivity index (χ0v) is 7.35. The molecule has 4 heteroatoms. The van der Waals surface area contributed by atoms with E-state index < -0.39 is 11.9 Å². The fourth-order valence-corrected chi connectivity index (χ4v) is 1.30. The standard InChI is InChI=1S/C10H7F3O/c1-6-2-3-8-7(4-6)5-9(14-8)10(11,12)13/h2-5H,1H3. The topological polar surface area (TPSA) is 13.1 Å². The van der Waals surface area contributed by atoms with Crippen LogP contribution in [0.25, 0.3) is 11.0 Å². The number of hydrogen-bond donors (Lipinski definition) is 0. The molecule has 0 N–H and O–H groups in total. The normalized spacial score (nSPS) is 12.3. The Kier molecular flexibility index (Phi) is 1.80. The smallest absolute Gasteiger partial charge is 0.449 e. The number of halogens is 3. The van der Waals surface area contributed by atoms with Gasteiger partial charge in [0.25, 0.3) is 0 Å². The molecule has 1 nitrogen and oxygen atoms in total. The highest BCUT2D eigenvalue weighted by Gasteiger charge is 2.35. The Balaban J connectivity index is 2.63. The molecule has 0 saturated heterocycles. The van der Waals surface area contributed by atoms with Gasteiger partial charge in [-0.15, -0.1) is 0 Å². The van der Waals surface area contributed by atoms with Gasteiger partial charge >= 0.3 is 6.18 Å². The molecule has 0 bridgehead atoms. The van der Waals surface area contributed by atoms with Crippen molar-refractivity contribution in [3.8, 4) is 0 Å². The van der Waals surface area contributed by atoms with Crippen LogP contribution in [0.2, 0.25) is 0 Å². The van der Waals surface area contributed by atoms with E-state index in [4.69, 9.17) is 0 Å². The maximum atomic E-state index is 12.2. The summed E-state index contributed by atoms with van der Waals surface area (Å²) in [7, 11) is 0. The SMILES string of the molecule is Cc1ccc2oc(C(F)(F)F)cc2c1. The molecule has 1 heterocycles. The number of hydrogen-bond acceptors (Lipinski definition) is 1. The van der Waals surface area contributed by atoms with Gasteiger partial charge in [-0.2, -0.15) is 13.2 Å². The van der Waals surface area contributed by atoms with Gasteiger partial charge < -0.3 is 4.42 Å². The maximum Gasteiger partial charge on any atom is 0.449 e. The first-order valence-electron chi connectivity index (χ1n) is 4.04. The average Bonchev–Trinajstić information content (AvgIpc) is 2.45. The minimum atomic E-state index is -4.41. The van der Waals surface area contributed by atoms with E-state index in [1.807, 2.05) is 6.92 Å². The molecular formula is C10H7F3O. The summed E-state index contributed by atoms with van der Waals surface area (Å²) in [6, 6.07) is 5.93. The van der Waals surface area contributed by atoms with Crippen LogP contribution < -0.4 is 0 Å². The monoisotopic (exact) mass is 200 g/mol. The predicted octanol–water partition coefficient (Wildman–Crippen LogP) is 3.76. The molecule has 0 spiro atoms. The minimum absolute atomic E-state index is 0.267. The van der Waals surface area contributed by atoms with E-state index >= 15 is 0 Å². The summed E-state index contributed by atoms with van der Waals surface area (Å²) in [5.74, 6) is -0.946. The fourth-order valence-electron chi connectivity index (χ4n) is 1.30. The molecule has 0 aliphatic heterocycles. The Morgan fingerprint density at radius 3 is 2.50 bits per heavy atom. The summed E-state index contributed by atoms with van der Waals surface area (Å²) < 4.78 is 41.4. The Labute approximate surface area is 78.1 Å². The van der Waals surface area contributed by atoms with Gasteiger partial charge in [0.1, 0.15) is 5.58 Å². The quantitative estimate of drug-likeness (QED) is 0.631. The van der Waals surface area contributed by atoms with Gasteiger partial charge in [-0.05, 0) is 25.1 Å². The first-order chi connectivity index (χ1) is 6.47. The zero-order chi connectivity index (χ0) is 10.3. The molecule has 1 aromatic carbocycles. The molecule has 0 atom stereocenters. The Morgan fingerprint density at radius 2 is 1.86 bits per heavy atom. The lowest BCUT2D eigenvalue weighted by Gasteiger charge is -1.98. The van der Waals surface area contributed by atoms with Gasteiger partial charge in [0.15, 0.2) is 0 Å². The van der Waals surface area contributed by atoms with Crippen LogP contribution in [-0.2, 0) is 6.18 Å². The molecule has 1 aromatic heterocycles. The summed E-state index contributed by atoms with van der Waals surface area (Å²) in [5.41, 5.74) is 1.18. The molecule has 0 amide bonds. The lowest BCUT2D eigenvalue weighted by atomic mass is 10.2. The van der Waals surface area contributed by atoms with Crippen LogP contribution in [0.5, 0.6) is 0 Å². The lowest BCUT2D eigenvalue weighted by molar-refractivity contribution is -0.152. The second-order valence-corrected chi connectivity index (χ2v) is 3.15. The number of benzene rings is 1. The number of alkyl halides is 3. The summed E-state index contributed by atoms with van der Waals surface area (Å²) in [6.45, 7) is 1.82. The van der Waals surface area contributed by atoms with Crippen molar-refractivity contribution in [2.75, 3.05) is 0 Å². The molecule has 2 aromatic rings. The van der Waals surface area contributed by atoms with Gasteiger partial charge in [-0.25, -0.2) is 0 Å². The number of rotatable bonds is 0. The lowest BCUT2D eigenvalue weighted by Crippen LogP contribution is -2.01. The second kappa shape index (κ2) is 2.77. The molecule has 74 valence electrons. The van der Waals surface area contributed by atoms with E-state index in [1.165, 1.54) is 0 Å². The number of furan rings is 1. The van der Waals surface area contributed by atoms with E-state index in [0.717, 1.165) is 11.6 Å². The minimum Gasteiger partial charge on any atom is -0.452 e. The molecule has 0 aliphatic carbocycles. The Hall–Kier alpha value is -1.45. The van der Waals surface area contributed by atoms with E-state index in [1.54, 1.807) is 18.2 Å². The van der Waals surface area contributed by atoms with Gasteiger partial charge in [-0.3, -0.25) is 0 Å². The van der Waals surface area contributed by atoms with Crippen LogP contribution in [0.3, 0.4) is 0 Å². The molecule has 0 radical (unpaired) electrons. The molecule has 2 rings (SSSR count). The zero-order valence-electron chi connectivity index (χ0n) is 7.35. The third-order valence-corrected chi connectivity index (χ3v) is 1.95. The van der Waals surface area contributed by atoms with Crippen molar-refractivity contribution in [3.63, 3.8) is 0 Å². The first kappa shape index (κ1) is 9.12. The molecule has 0 unspecified atom stereocenters. The highest BCUT2D eigenvalue weighted by atomic mass is 19.4. The van der Waals surface area contributed by atoms with Crippen molar-refractivity contribution >= 4 is 11.0 Å². The first-order valence-corrected chi connectivity index (χ1v) is 4.04. The van der Waals surface area contributed by atoms with Crippen LogP contribution in [0.1, 0.15) is 11.3 Å². The molecule has 14 heavy (non-hydrogen) atoms. The van der Waals surface area contributed by atoms with E-state index in [0.29, 0.717) is 5.39 Å². The highest BCUT2D eigenvalue weighted by molar-refractivity contribution is 5.78. The molecule has 0 fully saturated rings. The van der Waals surface area contributed by atoms with Crippen molar-refractivity contribution in [1.29, 1.82) is 0 Å². The molecular weight excluding hydrogens is 193 g/mol.